The van der Waals surface area contributed by atoms with Gasteiger partial charge in [0.2, 0.25) is 0 Å². The number of aliphatic hydroxyl groups excluding tert-OH is 1. The van der Waals surface area contributed by atoms with Crippen molar-refractivity contribution in [1.82, 2.24) is 0 Å². The molecule has 4 heteroatoms. The molecule has 3 aliphatic rings. The minimum atomic E-state index is -0.953. The fraction of sp³-hybridized carbons (Fsp3) is 0.714. The summed E-state index contributed by atoms with van der Waals surface area (Å²) in [7, 11) is 0. The van der Waals surface area contributed by atoms with Gasteiger partial charge in [-0.1, -0.05) is 49.8 Å². The van der Waals surface area contributed by atoms with Gasteiger partial charge in [-0.3, -0.25) is 0 Å². The maximum absolute atomic E-state index is 11.2. The molecule has 3 nitrogen and oxygen atoms in total. The topological polar surface area (TPSA) is 60.7 Å². The van der Waals surface area contributed by atoms with E-state index in [-0.39, 0.29) is 0 Å². The fourth-order valence-electron chi connectivity index (χ4n) is 5.98. The third-order valence-electron chi connectivity index (χ3n) is 7.94. The lowest BCUT2D eigenvalue weighted by Crippen LogP contribution is -2.37. The van der Waals surface area contributed by atoms with Crippen molar-refractivity contribution >= 4 is 11.8 Å². The molecule has 0 aromatic heterocycles. The zero-order chi connectivity index (χ0) is 23.6. The van der Waals surface area contributed by atoms with Crippen LogP contribution in [0, 0.1) is 11.3 Å². The number of fused-ring (bicyclic) bond motifs is 1. The van der Waals surface area contributed by atoms with Crippen molar-refractivity contribution in [3.8, 4) is 0 Å². The molecule has 4 atom stereocenters. The molecule has 0 spiro atoms. The molecule has 0 unspecified atom stereocenters. The number of hydrogen-bond acceptors (Lipinski definition) is 4. The first-order valence-corrected chi connectivity index (χ1v) is 13.5. The highest BCUT2D eigenvalue weighted by Gasteiger charge is 2.44. The second-order valence-electron chi connectivity index (χ2n) is 11.1. The predicted molar refractivity (Wildman–Crippen MR) is 137 cm³/mol. The Morgan fingerprint density at radius 1 is 1.28 bits per heavy atom. The van der Waals surface area contributed by atoms with Crippen LogP contribution in [0.15, 0.2) is 47.1 Å². The van der Waals surface area contributed by atoms with E-state index in [1.807, 2.05) is 13.8 Å². The van der Waals surface area contributed by atoms with Crippen molar-refractivity contribution in [2.24, 2.45) is 11.3 Å². The molecule has 0 aromatic rings. The molecular weight excluding hydrogens is 416 g/mol. The van der Waals surface area contributed by atoms with Crippen molar-refractivity contribution < 1.29 is 15.3 Å². The summed E-state index contributed by atoms with van der Waals surface area (Å²) < 4.78 is 0. The van der Waals surface area contributed by atoms with Gasteiger partial charge in [0.05, 0.1) is 11.7 Å². The summed E-state index contributed by atoms with van der Waals surface area (Å²) in [6.07, 6.45) is 15.6. The fourth-order valence-corrected chi connectivity index (χ4v) is 7.24. The molecule has 0 aromatic carbocycles. The number of rotatable bonds is 8. The summed E-state index contributed by atoms with van der Waals surface area (Å²) >= 11 is 1.54. The lowest BCUT2D eigenvalue weighted by atomic mass is 9.64. The van der Waals surface area contributed by atoms with Gasteiger partial charge in [-0.15, -0.1) is 11.8 Å². The number of allylic oxidation sites excluding steroid dienone is 5. The van der Waals surface area contributed by atoms with Crippen LogP contribution >= 0.6 is 11.8 Å². The van der Waals surface area contributed by atoms with E-state index in [0.29, 0.717) is 24.2 Å². The zero-order valence-electron chi connectivity index (χ0n) is 20.6. The normalized spacial score (nSPS) is 36.0. The van der Waals surface area contributed by atoms with Crippen LogP contribution in [0.1, 0.15) is 91.9 Å². The molecule has 2 fully saturated rings. The molecule has 3 N–H and O–H groups in total. The van der Waals surface area contributed by atoms with Crippen molar-refractivity contribution in [2.75, 3.05) is 5.75 Å². The summed E-state index contributed by atoms with van der Waals surface area (Å²) in [4.78, 5) is -0.953. The molecule has 0 amide bonds. The van der Waals surface area contributed by atoms with E-state index in [1.54, 1.807) is 17.3 Å². The first-order valence-electron chi connectivity index (χ1n) is 12.5. The average molecular weight is 461 g/mol. The van der Waals surface area contributed by atoms with E-state index >= 15 is 0 Å². The highest BCUT2D eigenvalue weighted by molar-refractivity contribution is 8.00. The van der Waals surface area contributed by atoms with Crippen molar-refractivity contribution in [1.29, 1.82) is 0 Å². The van der Waals surface area contributed by atoms with Crippen LogP contribution in [0.3, 0.4) is 0 Å². The minimum Gasteiger partial charge on any atom is -0.390 e. The Hall–Kier alpha value is -0.810. The molecule has 2 saturated carbocycles. The Labute approximate surface area is 199 Å². The van der Waals surface area contributed by atoms with Gasteiger partial charge in [0.25, 0.3) is 0 Å². The van der Waals surface area contributed by atoms with E-state index in [0.717, 1.165) is 55.4 Å². The molecule has 3 aliphatic carbocycles. The van der Waals surface area contributed by atoms with Gasteiger partial charge in [0, 0.05) is 12.8 Å². The molecule has 0 radical (unpaired) electrons. The summed E-state index contributed by atoms with van der Waals surface area (Å²) in [6.45, 7) is 12.5. The Bertz CT molecular complexity index is 787. The summed E-state index contributed by atoms with van der Waals surface area (Å²) in [5.41, 5.74) is 4.55. The SMILES string of the molecule is C=C1C(=CC=C2CCC[C@]3(C)C(CC)=CC[C@@H]23)C[C@](O)(SCCCCC(C)(C)O)C[C@@H]1O. The zero-order valence-corrected chi connectivity index (χ0v) is 21.4. The molecule has 3 rings (SSSR count). The van der Waals surface area contributed by atoms with E-state index in [1.165, 1.54) is 18.4 Å². The maximum atomic E-state index is 11.2. The van der Waals surface area contributed by atoms with Crippen molar-refractivity contribution in [3.63, 3.8) is 0 Å². The Morgan fingerprint density at radius 3 is 2.72 bits per heavy atom. The predicted octanol–water partition coefficient (Wildman–Crippen LogP) is 6.46. The van der Waals surface area contributed by atoms with Gasteiger partial charge in [-0.05, 0) is 93.4 Å². The molecule has 0 bridgehead atoms. The maximum Gasteiger partial charge on any atom is 0.117 e. The summed E-state index contributed by atoms with van der Waals surface area (Å²) in [5, 5.41) is 31.7. The lowest BCUT2D eigenvalue weighted by Gasteiger charge is -2.41. The van der Waals surface area contributed by atoms with E-state index in [2.05, 4.69) is 38.7 Å². The van der Waals surface area contributed by atoms with Crippen molar-refractivity contribution in [2.45, 2.75) is 109 Å². The smallest absolute Gasteiger partial charge is 0.117 e. The van der Waals surface area contributed by atoms with E-state index in [4.69, 9.17) is 0 Å². The van der Waals surface area contributed by atoms with Gasteiger partial charge in [0.1, 0.15) is 4.93 Å². The first-order chi connectivity index (χ1) is 15.0. The number of unbranched alkanes of at least 4 members (excludes halogenated alkanes) is 1. The molecule has 0 saturated heterocycles. The first kappa shape index (κ1) is 25.8. The van der Waals surface area contributed by atoms with Crippen LogP contribution in [-0.2, 0) is 0 Å². The number of aliphatic hydroxyl groups is 3. The molecular formula is C28H44O3S. The molecule has 0 heterocycles. The van der Waals surface area contributed by atoms with Crippen molar-refractivity contribution in [3.05, 3.63) is 47.1 Å². The van der Waals surface area contributed by atoms with Crippen LogP contribution in [0.25, 0.3) is 0 Å². The van der Waals surface area contributed by atoms with Crippen LogP contribution in [0.5, 0.6) is 0 Å². The largest absolute Gasteiger partial charge is 0.390 e. The van der Waals surface area contributed by atoms with Crippen LogP contribution in [0.4, 0.5) is 0 Å². The quantitative estimate of drug-likeness (QED) is 0.221. The van der Waals surface area contributed by atoms with Gasteiger partial charge in [0.15, 0.2) is 0 Å². The molecule has 180 valence electrons. The van der Waals surface area contributed by atoms with E-state index in [9.17, 15) is 15.3 Å². The average Bonchev–Trinajstić information content (AvgIpc) is 3.05. The second kappa shape index (κ2) is 10.2. The van der Waals surface area contributed by atoms with Gasteiger partial charge >= 0.3 is 0 Å². The number of hydrogen-bond donors (Lipinski definition) is 3. The minimum absolute atomic E-state index is 0.306. The van der Waals surface area contributed by atoms with Crippen LogP contribution in [0.2, 0.25) is 0 Å². The van der Waals surface area contributed by atoms with Crippen LogP contribution < -0.4 is 0 Å². The highest BCUT2D eigenvalue weighted by atomic mass is 32.2. The second-order valence-corrected chi connectivity index (χ2v) is 12.5. The summed E-state index contributed by atoms with van der Waals surface area (Å²) in [5.74, 6) is 1.42. The summed E-state index contributed by atoms with van der Waals surface area (Å²) in [6, 6.07) is 0. The highest BCUT2D eigenvalue weighted by Crippen LogP contribution is 2.55. The lowest BCUT2D eigenvalue weighted by molar-refractivity contribution is 0.0606. The number of thioether (sulfide) groups is 1. The van der Waals surface area contributed by atoms with Crippen LogP contribution in [-0.4, -0.2) is 37.7 Å². The Morgan fingerprint density at radius 2 is 2.03 bits per heavy atom. The Balaban J connectivity index is 1.66. The van der Waals surface area contributed by atoms with Gasteiger partial charge in [-0.2, -0.15) is 0 Å². The molecule has 32 heavy (non-hydrogen) atoms. The van der Waals surface area contributed by atoms with Gasteiger partial charge < -0.3 is 15.3 Å². The molecule has 0 aliphatic heterocycles. The standard InChI is InChI=1S/C28H44O3S/c1-6-23-13-14-24-21(10-9-16-27(23,24)5)11-12-22-18-28(31,19-25(29)20(22)2)32-17-8-7-15-26(3,4)30/h11-13,24-25,29-31H,2,6-10,14-19H2,1,3-5H3/t24-,25-,27+,28-/m0/s1. The van der Waals surface area contributed by atoms with Gasteiger partial charge in [-0.25, -0.2) is 0 Å². The third kappa shape index (κ3) is 6.00. The Kier molecular flexibility index (Phi) is 8.24. The third-order valence-corrected chi connectivity index (χ3v) is 9.28. The van der Waals surface area contributed by atoms with E-state index < -0.39 is 16.6 Å². The monoisotopic (exact) mass is 460 g/mol.